The molecule has 5 rings (SSSR count). The predicted octanol–water partition coefficient (Wildman–Crippen LogP) is 10.7. The number of rotatable bonds is 16. The molecule has 0 saturated heterocycles. The van der Waals surface area contributed by atoms with E-state index in [0.717, 1.165) is 89.2 Å². The minimum absolute atomic E-state index is 0.00415. The molecule has 5 aliphatic rings. The van der Waals surface area contributed by atoms with Crippen LogP contribution in [0, 0.1) is 34.5 Å². The van der Waals surface area contributed by atoms with Gasteiger partial charge >= 0.3 is 5.97 Å². The fourth-order valence-corrected chi connectivity index (χ4v) is 11.9. The summed E-state index contributed by atoms with van der Waals surface area (Å²) >= 11 is 0. The number of aliphatic carboxylic acids is 1. The molecule has 0 radical (unpaired) electrons. The summed E-state index contributed by atoms with van der Waals surface area (Å²) in [6.45, 7) is 20.0. The summed E-state index contributed by atoms with van der Waals surface area (Å²) < 4.78 is 19.5. The number of hydrogen-bond acceptors (Lipinski definition) is 6. The monoisotopic (exact) mass is 712 g/mol. The number of unbranched alkanes of at least 4 members (excludes halogenated alkanes) is 7. The summed E-state index contributed by atoms with van der Waals surface area (Å²) in [5.74, 6) is 1.46. The normalized spacial score (nSPS) is 32.3. The van der Waals surface area contributed by atoms with Crippen LogP contribution in [0.2, 0.25) is 18.1 Å². The van der Waals surface area contributed by atoms with Crippen molar-refractivity contribution >= 4 is 25.9 Å². The number of carboxylic acids is 1. The highest BCUT2D eigenvalue weighted by atomic mass is 28.4. The average molecular weight is 713 g/mol. The van der Waals surface area contributed by atoms with E-state index in [-0.39, 0.29) is 40.1 Å². The molecule has 7 atom stereocenters. The first kappa shape index (κ1) is 39.3. The van der Waals surface area contributed by atoms with Crippen LogP contribution in [0.5, 0.6) is 0 Å². The van der Waals surface area contributed by atoms with Gasteiger partial charge in [-0.2, -0.15) is 0 Å². The third-order valence-electron chi connectivity index (χ3n) is 14.2. The van der Waals surface area contributed by atoms with E-state index in [0.29, 0.717) is 35.7 Å². The molecule has 3 fully saturated rings. The fraction of sp³-hybridized carbons (Fsp3) is 0.833. The van der Waals surface area contributed by atoms with Crippen molar-refractivity contribution in [3.8, 4) is 0 Å². The summed E-state index contributed by atoms with van der Waals surface area (Å²) in [5, 5.41) is 8.92. The smallest absolute Gasteiger partial charge is 0.303 e. The first-order valence-corrected chi connectivity index (χ1v) is 23.0. The van der Waals surface area contributed by atoms with Crippen molar-refractivity contribution in [2.45, 2.75) is 188 Å². The molecule has 0 aromatic heterocycles. The molecule has 282 valence electrons. The maximum Gasteiger partial charge on any atom is 0.303 e. The van der Waals surface area contributed by atoms with Crippen LogP contribution in [0.25, 0.3) is 0 Å². The molecule has 1 aliphatic heterocycles. The highest BCUT2D eigenvalue weighted by molar-refractivity contribution is 6.74. The van der Waals surface area contributed by atoms with E-state index in [4.69, 9.17) is 19.0 Å². The van der Waals surface area contributed by atoms with Crippen molar-refractivity contribution in [2.24, 2.45) is 34.5 Å². The summed E-state index contributed by atoms with van der Waals surface area (Å²) in [6, 6.07) is 0. The molecular formula is C42H68O7Si. The van der Waals surface area contributed by atoms with Gasteiger partial charge in [-0.3, -0.25) is 14.4 Å². The fourth-order valence-electron chi connectivity index (χ4n) is 10.5. The zero-order chi connectivity index (χ0) is 36.7. The first-order valence-electron chi connectivity index (χ1n) is 20.1. The highest BCUT2D eigenvalue weighted by Crippen LogP contribution is 2.68. The Balaban J connectivity index is 1.22. The lowest BCUT2D eigenvalue weighted by Gasteiger charge is -2.57. The lowest BCUT2D eigenvalue weighted by Crippen LogP contribution is -2.52. The van der Waals surface area contributed by atoms with Crippen LogP contribution in [-0.4, -0.2) is 42.9 Å². The van der Waals surface area contributed by atoms with Gasteiger partial charge in [0.25, 0.3) is 0 Å². The van der Waals surface area contributed by atoms with Gasteiger partial charge in [-0.05, 0) is 106 Å². The van der Waals surface area contributed by atoms with Crippen LogP contribution in [0.15, 0.2) is 23.2 Å². The quantitative estimate of drug-likeness (QED) is 0.126. The molecule has 0 aromatic carbocycles. The van der Waals surface area contributed by atoms with Gasteiger partial charge in [-0.1, -0.05) is 78.2 Å². The topological polar surface area (TPSA) is 99.1 Å². The second-order valence-corrected chi connectivity index (χ2v) is 23.8. The number of ketones is 2. The molecular weight excluding hydrogens is 645 g/mol. The van der Waals surface area contributed by atoms with Gasteiger partial charge in [-0.25, -0.2) is 0 Å². The van der Waals surface area contributed by atoms with E-state index >= 15 is 0 Å². The molecule has 0 amide bonds. The summed E-state index contributed by atoms with van der Waals surface area (Å²) in [4.78, 5) is 38.3. The molecule has 4 aliphatic carbocycles. The van der Waals surface area contributed by atoms with Gasteiger partial charge in [0.2, 0.25) is 17.3 Å². The Morgan fingerprint density at radius 2 is 1.56 bits per heavy atom. The van der Waals surface area contributed by atoms with Crippen molar-refractivity contribution in [3.63, 3.8) is 0 Å². The van der Waals surface area contributed by atoms with Crippen LogP contribution < -0.4 is 0 Å². The third-order valence-corrected chi connectivity index (χ3v) is 18.8. The minimum Gasteiger partial charge on any atom is -0.481 e. The number of carbonyl (C=O) groups excluding carboxylic acids is 2. The number of carbonyl (C=O) groups is 3. The SMILES string of the molecule is CC1(C)OC2=C(O1)[C@@]1(C)C(=CC2=O)CC[C@@H]2[C@@H]1CC[C@]1(C)[C@H](C(=O)CC(CCCCCCCCCCC(=O)O)O[Si](C)(C)C(C)(C)C)CC[C@@H]21. The molecule has 1 heterocycles. The van der Waals surface area contributed by atoms with Crippen LogP contribution in [0.3, 0.4) is 0 Å². The number of fused-ring (bicyclic) bond motifs is 6. The van der Waals surface area contributed by atoms with Crippen molar-refractivity contribution < 1.29 is 33.4 Å². The van der Waals surface area contributed by atoms with Crippen LogP contribution >= 0.6 is 0 Å². The second kappa shape index (κ2) is 14.8. The van der Waals surface area contributed by atoms with Gasteiger partial charge in [0.1, 0.15) is 5.78 Å². The molecule has 0 aromatic rings. The number of carboxylic acid groups (broad SMARTS) is 1. The van der Waals surface area contributed by atoms with Crippen molar-refractivity contribution in [2.75, 3.05) is 0 Å². The van der Waals surface area contributed by atoms with Gasteiger partial charge < -0.3 is 19.0 Å². The Morgan fingerprint density at radius 1 is 0.920 bits per heavy atom. The predicted molar refractivity (Wildman–Crippen MR) is 200 cm³/mol. The van der Waals surface area contributed by atoms with E-state index < -0.39 is 20.1 Å². The molecule has 0 spiro atoms. The van der Waals surface area contributed by atoms with Crippen molar-refractivity contribution in [1.82, 2.24) is 0 Å². The average Bonchev–Trinajstić information content (AvgIpc) is 3.54. The van der Waals surface area contributed by atoms with E-state index in [1.165, 1.54) is 18.4 Å². The van der Waals surface area contributed by atoms with Crippen LogP contribution in [-0.2, 0) is 28.3 Å². The number of allylic oxidation sites excluding steroid dienone is 2. The molecule has 1 unspecified atom stereocenters. The standard InChI is InChI=1S/C42H68O7Si/c1-39(2,3)50(8,9)49-29(18-16-14-12-10-11-13-15-17-19-36(45)46)27-34(43)33-23-22-31-30-21-20-28-26-35(44)37-38(48-40(4,5)47-37)42(28,7)32(30)24-25-41(31,33)6/h26,29-33H,10-25,27H2,1-9H3,(H,45,46)/t29?,30-,31-,32-,33-,41-,42-/m0/s1. The summed E-state index contributed by atoms with van der Waals surface area (Å²) in [5.41, 5.74) is 0.876. The zero-order valence-corrected chi connectivity index (χ0v) is 33.9. The Morgan fingerprint density at radius 3 is 2.20 bits per heavy atom. The van der Waals surface area contributed by atoms with E-state index in [1.807, 2.05) is 19.9 Å². The molecule has 50 heavy (non-hydrogen) atoms. The molecule has 7 nitrogen and oxygen atoms in total. The van der Waals surface area contributed by atoms with Gasteiger partial charge in [0.15, 0.2) is 14.1 Å². The second-order valence-electron chi connectivity index (χ2n) is 19.0. The molecule has 0 bridgehead atoms. The Hall–Kier alpha value is -1.93. The minimum atomic E-state index is -2.05. The largest absolute Gasteiger partial charge is 0.481 e. The summed E-state index contributed by atoms with van der Waals surface area (Å²) in [7, 11) is -2.05. The maximum absolute atomic E-state index is 14.5. The third kappa shape index (κ3) is 7.87. The Kier molecular flexibility index (Phi) is 11.7. The number of Topliss-reactive ketones (excluding diaryl/α,β-unsaturated/α-hetero) is 1. The van der Waals surface area contributed by atoms with E-state index in [2.05, 4.69) is 47.7 Å². The van der Waals surface area contributed by atoms with Crippen LogP contribution in [0.1, 0.15) is 158 Å². The number of hydrogen-bond donors (Lipinski definition) is 1. The maximum atomic E-state index is 14.5. The zero-order valence-electron chi connectivity index (χ0n) is 32.9. The van der Waals surface area contributed by atoms with E-state index in [9.17, 15) is 14.4 Å². The summed E-state index contributed by atoms with van der Waals surface area (Å²) in [6.07, 6.45) is 18.3. The Labute approximate surface area is 303 Å². The van der Waals surface area contributed by atoms with Gasteiger partial charge in [0, 0.05) is 32.6 Å². The Bertz CT molecular complexity index is 1350. The van der Waals surface area contributed by atoms with Crippen molar-refractivity contribution in [3.05, 3.63) is 23.2 Å². The first-order chi connectivity index (χ1) is 23.3. The van der Waals surface area contributed by atoms with Gasteiger partial charge in [0.05, 0.1) is 11.5 Å². The molecule has 1 N–H and O–H groups in total. The lowest BCUT2D eigenvalue weighted by molar-refractivity contribution is -0.143. The van der Waals surface area contributed by atoms with E-state index in [1.54, 1.807) is 0 Å². The number of ether oxygens (including phenoxy) is 2. The lowest BCUT2D eigenvalue weighted by atomic mass is 9.47. The molecule has 3 saturated carbocycles. The molecule has 8 heteroatoms. The highest BCUT2D eigenvalue weighted by Gasteiger charge is 2.63. The van der Waals surface area contributed by atoms with Crippen molar-refractivity contribution in [1.29, 1.82) is 0 Å². The van der Waals surface area contributed by atoms with Crippen LogP contribution in [0.4, 0.5) is 0 Å². The van der Waals surface area contributed by atoms with Gasteiger partial charge in [-0.15, -0.1) is 0 Å².